The van der Waals surface area contributed by atoms with E-state index >= 15 is 0 Å². The number of carbonyl (C=O) groups is 1. The van der Waals surface area contributed by atoms with Crippen LogP contribution in [0.15, 0.2) is 12.3 Å². The van der Waals surface area contributed by atoms with Gasteiger partial charge in [-0.25, -0.2) is 4.98 Å². The van der Waals surface area contributed by atoms with Crippen LogP contribution in [0.1, 0.15) is 24.0 Å². The van der Waals surface area contributed by atoms with Crippen molar-refractivity contribution in [2.24, 2.45) is 11.8 Å². The lowest BCUT2D eigenvalue weighted by Crippen LogP contribution is -2.11. The van der Waals surface area contributed by atoms with E-state index in [1.165, 1.54) is 11.1 Å². The van der Waals surface area contributed by atoms with Gasteiger partial charge in [0.25, 0.3) is 0 Å². The molecule has 0 N–H and O–H groups in total. The van der Waals surface area contributed by atoms with Crippen LogP contribution in [0.2, 0.25) is 0 Å². The number of esters is 1. The normalized spacial score (nSPS) is 28.2. The summed E-state index contributed by atoms with van der Waals surface area (Å²) in [6, 6.07) is 1.98. The summed E-state index contributed by atoms with van der Waals surface area (Å²) in [4.78, 5) is 15.9. The van der Waals surface area contributed by atoms with Crippen LogP contribution in [-0.2, 0) is 16.0 Å². The van der Waals surface area contributed by atoms with Crippen molar-refractivity contribution in [2.45, 2.75) is 19.3 Å². The minimum absolute atomic E-state index is 0.0519. The van der Waals surface area contributed by atoms with Crippen molar-refractivity contribution in [1.82, 2.24) is 4.98 Å². The molecule has 3 rings (SSSR count). The molecule has 1 aromatic heterocycles. The molecule has 0 aliphatic heterocycles. The summed E-state index contributed by atoms with van der Waals surface area (Å²) < 4.78 is 10.2. The summed E-state index contributed by atoms with van der Waals surface area (Å²) in [5.41, 5.74) is 2.47. The SMILES string of the molecule is CCOC(=O)C1C2Cc3cc(OC)ncc3[C@H]21. The summed E-state index contributed by atoms with van der Waals surface area (Å²) in [5, 5.41) is 0. The Balaban J connectivity index is 1.80. The second-order valence-electron chi connectivity index (χ2n) is 4.60. The topological polar surface area (TPSA) is 48.4 Å². The van der Waals surface area contributed by atoms with Gasteiger partial charge in [-0.05, 0) is 30.4 Å². The van der Waals surface area contributed by atoms with E-state index in [1.54, 1.807) is 7.11 Å². The van der Waals surface area contributed by atoms with Gasteiger partial charge >= 0.3 is 5.97 Å². The van der Waals surface area contributed by atoms with Gasteiger partial charge in [0.2, 0.25) is 5.88 Å². The van der Waals surface area contributed by atoms with Crippen LogP contribution < -0.4 is 4.74 Å². The second-order valence-corrected chi connectivity index (χ2v) is 4.60. The standard InChI is InChI=1S/C13H15NO3/c1-3-17-13(15)12-8-4-7-5-10(16-2)14-6-9(7)11(8)12/h5-6,8,11-12H,3-4H2,1-2H3/t8?,11-,12?/m0/s1. The largest absolute Gasteiger partial charge is 0.481 e. The average molecular weight is 233 g/mol. The van der Waals surface area contributed by atoms with E-state index in [2.05, 4.69) is 4.98 Å². The molecular weight excluding hydrogens is 218 g/mol. The summed E-state index contributed by atoms with van der Waals surface area (Å²) in [5.74, 6) is 1.43. The molecule has 0 aromatic carbocycles. The van der Waals surface area contributed by atoms with Crippen molar-refractivity contribution in [3.63, 3.8) is 0 Å². The summed E-state index contributed by atoms with van der Waals surface area (Å²) in [6.45, 7) is 2.30. The number of methoxy groups -OCH3 is 1. The number of rotatable bonds is 3. The van der Waals surface area contributed by atoms with E-state index in [9.17, 15) is 4.79 Å². The first-order valence-corrected chi connectivity index (χ1v) is 5.95. The van der Waals surface area contributed by atoms with E-state index in [0.717, 1.165) is 6.42 Å². The minimum Gasteiger partial charge on any atom is -0.481 e. The van der Waals surface area contributed by atoms with Crippen molar-refractivity contribution in [3.8, 4) is 5.88 Å². The fraction of sp³-hybridized carbons (Fsp3) is 0.538. The Kier molecular flexibility index (Phi) is 2.31. The van der Waals surface area contributed by atoms with E-state index in [-0.39, 0.29) is 11.9 Å². The van der Waals surface area contributed by atoms with Gasteiger partial charge in [-0.15, -0.1) is 0 Å². The zero-order valence-corrected chi connectivity index (χ0v) is 9.97. The molecule has 2 aliphatic carbocycles. The van der Waals surface area contributed by atoms with Crippen LogP contribution in [0.4, 0.5) is 0 Å². The smallest absolute Gasteiger partial charge is 0.309 e. The first kappa shape index (κ1) is 10.6. The van der Waals surface area contributed by atoms with E-state index < -0.39 is 0 Å². The summed E-state index contributed by atoms with van der Waals surface area (Å²) >= 11 is 0. The quantitative estimate of drug-likeness (QED) is 0.743. The zero-order chi connectivity index (χ0) is 12.0. The molecule has 3 atom stereocenters. The third-order valence-corrected chi connectivity index (χ3v) is 3.75. The molecule has 4 nitrogen and oxygen atoms in total. The fourth-order valence-corrected chi connectivity index (χ4v) is 2.94. The highest BCUT2D eigenvalue weighted by Gasteiger charge is 2.60. The number of hydrogen-bond donors (Lipinski definition) is 0. The van der Waals surface area contributed by atoms with Crippen molar-refractivity contribution in [1.29, 1.82) is 0 Å². The molecule has 0 saturated heterocycles. The monoisotopic (exact) mass is 233 g/mol. The van der Waals surface area contributed by atoms with Crippen LogP contribution in [0, 0.1) is 11.8 Å². The Morgan fingerprint density at radius 2 is 2.41 bits per heavy atom. The van der Waals surface area contributed by atoms with E-state index in [0.29, 0.717) is 24.3 Å². The van der Waals surface area contributed by atoms with Crippen molar-refractivity contribution in [3.05, 3.63) is 23.4 Å². The molecule has 1 aromatic rings. The number of hydrogen-bond acceptors (Lipinski definition) is 4. The highest BCUT2D eigenvalue weighted by atomic mass is 16.5. The first-order valence-electron chi connectivity index (χ1n) is 5.95. The van der Waals surface area contributed by atoms with Gasteiger partial charge in [-0.1, -0.05) is 0 Å². The number of fused-ring (bicyclic) bond motifs is 3. The molecule has 1 saturated carbocycles. The first-order chi connectivity index (χ1) is 8.26. The Morgan fingerprint density at radius 1 is 1.59 bits per heavy atom. The van der Waals surface area contributed by atoms with E-state index in [1.807, 2.05) is 19.2 Å². The van der Waals surface area contributed by atoms with Crippen LogP contribution in [-0.4, -0.2) is 24.7 Å². The molecule has 17 heavy (non-hydrogen) atoms. The average Bonchev–Trinajstić information content (AvgIpc) is 2.92. The molecule has 0 spiro atoms. The van der Waals surface area contributed by atoms with Gasteiger partial charge in [0, 0.05) is 18.2 Å². The van der Waals surface area contributed by atoms with Crippen LogP contribution in [0.25, 0.3) is 0 Å². The molecule has 1 heterocycles. The Hall–Kier alpha value is -1.58. The molecule has 0 radical (unpaired) electrons. The Labute approximate surface area is 99.9 Å². The number of nitrogens with zero attached hydrogens (tertiary/aromatic N) is 1. The van der Waals surface area contributed by atoms with Crippen molar-refractivity contribution >= 4 is 5.97 Å². The van der Waals surface area contributed by atoms with Crippen LogP contribution >= 0.6 is 0 Å². The zero-order valence-electron chi connectivity index (χ0n) is 9.97. The Bertz CT molecular complexity index is 472. The third kappa shape index (κ3) is 1.51. The minimum atomic E-state index is -0.0519. The summed E-state index contributed by atoms with van der Waals surface area (Å²) in [7, 11) is 1.62. The lowest BCUT2D eigenvalue weighted by atomic mass is 10.0. The third-order valence-electron chi connectivity index (χ3n) is 3.75. The van der Waals surface area contributed by atoms with Gasteiger partial charge in [0.1, 0.15) is 0 Å². The second kappa shape index (κ2) is 3.72. The number of ether oxygens (including phenoxy) is 2. The van der Waals surface area contributed by atoms with Gasteiger partial charge in [0.05, 0.1) is 19.6 Å². The van der Waals surface area contributed by atoms with E-state index in [4.69, 9.17) is 9.47 Å². The molecule has 0 amide bonds. The predicted molar refractivity (Wildman–Crippen MR) is 60.8 cm³/mol. The molecular formula is C13H15NO3. The maximum Gasteiger partial charge on any atom is 0.309 e. The van der Waals surface area contributed by atoms with Crippen molar-refractivity contribution in [2.75, 3.05) is 13.7 Å². The lowest BCUT2D eigenvalue weighted by molar-refractivity contribution is -0.145. The van der Waals surface area contributed by atoms with Crippen LogP contribution in [0.3, 0.4) is 0 Å². The van der Waals surface area contributed by atoms with Crippen molar-refractivity contribution < 1.29 is 14.3 Å². The number of pyridine rings is 1. The highest BCUT2D eigenvalue weighted by Crippen LogP contribution is 2.61. The number of carbonyl (C=O) groups excluding carboxylic acids is 1. The van der Waals surface area contributed by atoms with Gasteiger partial charge in [-0.3, -0.25) is 4.79 Å². The maximum atomic E-state index is 11.7. The molecule has 0 bridgehead atoms. The maximum absolute atomic E-state index is 11.7. The molecule has 90 valence electrons. The predicted octanol–water partition coefficient (Wildman–Crippen LogP) is 1.54. The lowest BCUT2D eigenvalue weighted by Gasteiger charge is -2.08. The molecule has 1 fully saturated rings. The van der Waals surface area contributed by atoms with Crippen LogP contribution in [0.5, 0.6) is 5.88 Å². The molecule has 2 unspecified atom stereocenters. The molecule has 2 aliphatic rings. The van der Waals surface area contributed by atoms with Gasteiger partial charge in [0.15, 0.2) is 0 Å². The number of aromatic nitrogens is 1. The highest BCUT2D eigenvalue weighted by molar-refractivity contribution is 5.79. The van der Waals surface area contributed by atoms with Gasteiger partial charge in [-0.2, -0.15) is 0 Å². The fourth-order valence-electron chi connectivity index (χ4n) is 2.94. The van der Waals surface area contributed by atoms with Gasteiger partial charge < -0.3 is 9.47 Å². The Morgan fingerprint density at radius 3 is 3.12 bits per heavy atom. The summed E-state index contributed by atoms with van der Waals surface area (Å²) in [6.07, 6.45) is 2.79. The molecule has 4 heteroatoms.